The third-order valence-corrected chi connectivity index (χ3v) is 4.24. The first kappa shape index (κ1) is 13.7. The van der Waals surface area contributed by atoms with Gasteiger partial charge < -0.3 is 9.52 Å². The van der Waals surface area contributed by atoms with Crippen LogP contribution in [0, 0.1) is 6.92 Å². The highest BCUT2D eigenvalue weighted by Crippen LogP contribution is 2.26. The van der Waals surface area contributed by atoms with Crippen LogP contribution in [-0.2, 0) is 5.75 Å². The summed E-state index contributed by atoms with van der Waals surface area (Å²) in [7, 11) is 0. The number of rotatable bonds is 3. The van der Waals surface area contributed by atoms with E-state index in [0.717, 1.165) is 16.0 Å². The predicted molar refractivity (Wildman–Crippen MR) is 82.7 cm³/mol. The lowest BCUT2D eigenvalue weighted by Gasteiger charge is -2.07. The maximum absolute atomic E-state index is 12.1. The number of phenols is 1. The van der Waals surface area contributed by atoms with E-state index in [1.807, 2.05) is 25.1 Å². The van der Waals surface area contributed by atoms with Crippen LogP contribution in [0.5, 0.6) is 5.75 Å². The van der Waals surface area contributed by atoms with Gasteiger partial charge in [-0.3, -0.25) is 0 Å². The number of aromatic nitrogens is 1. The summed E-state index contributed by atoms with van der Waals surface area (Å²) in [5, 5.41) is 11.2. The predicted octanol–water partition coefficient (Wildman–Crippen LogP) is 3.49. The summed E-state index contributed by atoms with van der Waals surface area (Å²) in [4.78, 5) is 16.3. The molecule has 2 aromatic heterocycles. The van der Waals surface area contributed by atoms with Crippen LogP contribution >= 0.6 is 11.8 Å². The van der Waals surface area contributed by atoms with E-state index < -0.39 is 0 Å². The Morgan fingerprint density at radius 1 is 1.29 bits per heavy atom. The van der Waals surface area contributed by atoms with Crippen LogP contribution in [0.1, 0.15) is 11.1 Å². The lowest BCUT2D eigenvalue weighted by Crippen LogP contribution is -2.09. The molecule has 0 amide bonds. The summed E-state index contributed by atoms with van der Waals surface area (Å²) in [6.07, 6.45) is 1.72. The monoisotopic (exact) mass is 299 g/mol. The quantitative estimate of drug-likeness (QED) is 0.592. The highest BCUT2D eigenvalue weighted by Gasteiger charge is 2.12. The largest absolute Gasteiger partial charge is 0.508 e. The molecule has 0 unspecified atom stereocenters. The Morgan fingerprint density at radius 2 is 2.14 bits per heavy atom. The van der Waals surface area contributed by atoms with Gasteiger partial charge >= 0.3 is 5.63 Å². The molecule has 2 heterocycles. The summed E-state index contributed by atoms with van der Waals surface area (Å²) in [5.74, 6) is 0.586. The first-order valence-electron chi connectivity index (χ1n) is 6.44. The van der Waals surface area contributed by atoms with Gasteiger partial charge in [0.05, 0.1) is 10.6 Å². The maximum Gasteiger partial charge on any atom is 0.340 e. The van der Waals surface area contributed by atoms with Gasteiger partial charge in [0.15, 0.2) is 0 Å². The average molecular weight is 299 g/mol. The van der Waals surface area contributed by atoms with Crippen LogP contribution in [0.15, 0.2) is 56.8 Å². The van der Waals surface area contributed by atoms with Crippen molar-refractivity contribution in [1.29, 1.82) is 0 Å². The summed E-state index contributed by atoms with van der Waals surface area (Å²) in [6.45, 7) is 1.89. The molecular weight excluding hydrogens is 286 g/mol. The molecule has 4 nitrogen and oxygen atoms in total. The molecule has 1 aromatic carbocycles. The number of aromatic hydroxyl groups is 1. The van der Waals surface area contributed by atoms with Gasteiger partial charge in [0, 0.05) is 23.4 Å². The topological polar surface area (TPSA) is 63.3 Å². The summed E-state index contributed by atoms with van der Waals surface area (Å²) in [6, 6.07) is 10.5. The van der Waals surface area contributed by atoms with E-state index in [0.29, 0.717) is 16.9 Å². The molecule has 0 fully saturated rings. The number of thioether (sulfide) groups is 1. The molecule has 0 saturated heterocycles. The molecule has 0 atom stereocenters. The zero-order valence-corrected chi connectivity index (χ0v) is 12.2. The van der Waals surface area contributed by atoms with Crippen molar-refractivity contribution in [1.82, 2.24) is 4.98 Å². The number of pyridine rings is 1. The number of phenolic OH excluding ortho intramolecular Hbond substituents is 1. The fourth-order valence-corrected chi connectivity index (χ4v) is 3.06. The Balaban J connectivity index is 1.99. The lowest BCUT2D eigenvalue weighted by atomic mass is 10.1. The molecule has 3 rings (SSSR count). The molecule has 0 aliphatic rings. The van der Waals surface area contributed by atoms with Gasteiger partial charge in [-0.25, -0.2) is 9.78 Å². The molecule has 0 spiro atoms. The van der Waals surface area contributed by atoms with Crippen molar-refractivity contribution in [2.45, 2.75) is 17.7 Å². The van der Waals surface area contributed by atoms with Crippen LogP contribution in [0.3, 0.4) is 0 Å². The molecule has 5 heteroatoms. The first-order valence-corrected chi connectivity index (χ1v) is 7.43. The van der Waals surface area contributed by atoms with Crippen molar-refractivity contribution in [3.63, 3.8) is 0 Å². The Bertz CT molecular complexity index is 843. The van der Waals surface area contributed by atoms with Crippen molar-refractivity contribution in [2.24, 2.45) is 0 Å². The van der Waals surface area contributed by atoms with E-state index >= 15 is 0 Å². The zero-order chi connectivity index (χ0) is 14.8. The van der Waals surface area contributed by atoms with Crippen LogP contribution in [-0.4, -0.2) is 10.1 Å². The minimum atomic E-state index is -0.367. The summed E-state index contributed by atoms with van der Waals surface area (Å²) in [5.41, 5.74) is 1.55. The molecule has 1 N–H and O–H groups in total. The zero-order valence-electron chi connectivity index (χ0n) is 11.4. The van der Waals surface area contributed by atoms with Crippen molar-refractivity contribution in [3.8, 4) is 5.75 Å². The van der Waals surface area contributed by atoms with Gasteiger partial charge in [0.25, 0.3) is 0 Å². The van der Waals surface area contributed by atoms with Gasteiger partial charge in [0.2, 0.25) is 0 Å². The molecule has 0 aliphatic heterocycles. The molecule has 0 bridgehead atoms. The number of hydrogen-bond acceptors (Lipinski definition) is 5. The maximum atomic E-state index is 12.1. The molecular formula is C16H13NO3S. The standard InChI is InChI=1S/C16H13NO3S/c1-10-12-6-5-11(18)8-14(12)20-16(19)13(10)9-21-15-4-2-3-7-17-15/h2-8,18H,9H2,1H3. The molecule has 3 aromatic rings. The Morgan fingerprint density at radius 3 is 2.90 bits per heavy atom. The number of hydrogen-bond donors (Lipinski definition) is 1. The van der Waals surface area contributed by atoms with E-state index in [-0.39, 0.29) is 11.4 Å². The fraction of sp³-hybridized carbons (Fsp3) is 0.125. The highest BCUT2D eigenvalue weighted by molar-refractivity contribution is 7.98. The molecule has 0 saturated carbocycles. The second-order valence-corrected chi connectivity index (χ2v) is 5.63. The van der Waals surface area contributed by atoms with E-state index in [4.69, 9.17) is 4.42 Å². The SMILES string of the molecule is Cc1c(CSc2ccccn2)c(=O)oc2cc(O)ccc12. The van der Waals surface area contributed by atoms with E-state index in [1.165, 1.54) is 17.8 Å². The van der Waals surface area contributed by atoms with E-state index in [9.17, 15) is 9.90 Å². The smallest absolute Gasteiger partial charge is 0.340 e. The third kappa shape index (κ3) is 2.78. The second-order valence-electron chi connectivity index (χ2n) is 4.63. The van der Waals surface area contributed by atoms with E-state index in [1.54, 1.807) is 18.3 Å². The van der Waals surface area contributed by atoms with Crippen molar-refractivity contribution in [3.05, 3.63) is 64.1 Å². The molecule has 0 radical (unpaired) electrons. The van der Waals surface area contributed by atoms with Crippen LogP contribution in [0.4, 0.5) is 0 Å². The Hall–Kier alpha value is -2.27. The number of aryl methyl sites for hydroxylation is 1. The third-order valence-electron chi connectivity index (χ3n) is 3.27. The van der Waals surface area contributed by atoms with Crippen molar-refractivity contribution >= 4 is 22.7 Å². The second kappa shape index (κ2) is 5.61. The Kier molecular flexibility index (Phi) is 3.66. The van der Waals surface area contributed by atoms with Gasteiger partial charge in [-0.15, -0.1) is 11.8 Å². The normalized spacial score (nSPS) is 10.9. The lowest BCUT2D eigenvalue weighted by molar-refractivity contribution is 0.473. The van der Waals surface area contributed by atoms with Gasteiger partial charge in [-0.2, -0.15) is 0 Å². The van der Waals surface area contributed by atoms with Crippen molar-refractivity contribution < 1.29 is 9.52 Å². The van der Waals surface area contributed by atoms with Crippen LogP contribution in [0.25, 0.3) is 11.0 Å². The van der Waals surface area contributed by atoms with Crippen molar-refractivity contribution in [2.75, 3.05) is 0 Å². The summed E-state index contributed by atoms with van der Waals surface area (Å²) < 4.78 is 5.29. The van der Waals surface area contributed by atoms with Crippen LogP contribution < -0.4 is 5.63 Å². The molecule has 0 aliphatic carbocycles. The first-order chi connectivity index (χ1) is 10.1. The molecule has 21 heavy (non-hydrogen) atoms. The number of benzene rings is 1. The Labute approximate surface area is 125 Å². The van der Waals surface area contributed by atoms with Gasteiger partial charge in [0.1, 0.15) is 11.3 Å². The van der Waals surface area contributed by atoms with E-state index in [2.05, 4.69) is 4.98 Å². The minimum absolute atomic E-state index is 0.0839. The number of nitrogens with zero attached hydrogens (tertiary/aromatic N) is 1. The van der Waals surface area contributed by atoms with Gasteiger partial charge in [-0.05, 0) is 36.8 Å². The minimum Gasteiger partial charge on any atom is -0.508 e. The van der Waals surface area contributed by atoms with Crippen LogP contribution in [0.2, 0.25) is 0 Å². The van der Waals surface area contributed by atoms with Gasteiger partial charge in [-0.1, -0.05) is 6.07 Å². The highest BCUT2D eigenvalue weighted by atomic mass is 32.2. The fourth-order valence-electron chi connectivity index (χ4n) is 2.13. The number of fused-ring (bicyclic) bond motifs is 1. The summed E-state index contributed by atoms with van der Waals surface area (Å²) >= 11 is 1.49. The molecule has 106 valence electrons. The average Bonchev–Trinajstić information content (AvgIpc) is 2.47.